The van der Waals surface area contributed by atoms with E-state index in [0.29, 0.717) is 5.56 Å². The number of ether oxygens (including phenoxy) is 1. The zero-order valence-corrected chi connectivity index (χ0v) is 14.3. The van der Waals surface area contributed by atoms with Crippen LogP contribution in [0.1, 0.15) is 23.0 Å². The van der Waals surface area contributed by atoms with Gasteiger partial charge in [-0.05, 0) is 18.6 Å². The lowest BCUT2D eigenvalue weighted by Gasteiger charge is -2.26. The molecule has 1 amide bonds. The van der Waals surface area contributed by atoms with Crippen molar-refractivity contribution < 1.29 is 32.6 Å². The second kappa shape index (κ2) is 8.52. The van der Waals surface area contributed by atoms with E-state index in [4.69, 9.17) is 0 Å². The predicted molar refractivity (Wildman–Crippen MR) is 89.2 cm³/mol. The fraction of sp³-hybridized carbons (Fsp3) is 0.278. The average Bonchev–Trinajstić information content (AvgIpc) is 2.64. The molecule has 2 rings (SSSR count). The number of alkyl halides is 3. The number of carbonyl (C=O) groups excluding carboxylic acids is 1. The van der Waals surface area contributed by atoms with Crippen molar-refractivity contribution in [2.75, 3.05) is 6.61 Å². The third-order valence-corrected chi connectivity index (χ3v) is 3.61. The Morgan fingerprint density at radius 3 is 2.41 bits per heavy atom. The van der Waals surface area contributed by atoms with Crippen LogP contribution in [-0.2, 0) is 11.3 Å². The normalized spacial score (nSPS) is 12.3. The van der Waals surface area contributed by atoms with Gasteiger partial charge in [-0.2, -0.15) is 13.2 Å². The minimum atomic E-state index is -4.54. The molecule has 0 saturated heterocycles. The van der Waals surface area contributed by atoms with Crippen LogP contribution in [0.5, 0.6) is 5.88 Å². The Hall–Kier alpha value is -3.10. The molecule has 1 aromatic heterocycles. The zero-order valence-electron chi connectivity index (χ0n) is 14.3. The first-order valence-corrected chi connectivity index (χ1v) is 7.91. The van der Waals surface area contributed by atoms with Gasteiger partial charge in [0, 0.05) is 12.6 Å². The summed E-state index contributed by atoms with van der Waals surface area (Å²) in [5, 5.41) is 9.29. The fourth-order valence-electron chi connectivity index (χ4n) is 2.22. The van der Waals surface area contributed by atoms with Crippen molar-refractivity contribution in [1.82, 2.24) is 9.88 Å². The minimum absolute atomic E-state index is 0.00244. The molecule has 1 unspecified atom stereocenters. The van der Waals surface area contributed by atoms with Crippen LogP contribution in [0.3, 0.4) is 0 Å². The van der Waals surface area contributed by atoms with E-state index < -0.39 is 30.7 Å². The number of carboxylic acid groups (broad SMARTS) is 1. The maximum Gasteiger partial charge on any atom is 0.422 e. The number of nitrogens with zero attached hydrogens (tertiary/aromatic N) is 2. The van der Waals surface area contributed by atoms with Crippen molar-refractivity contribution in [2.45, 2.75) is 25.7 Å². The number of aromatic nitrogens is 1. The van der Waals surface area contributed by atoms with E-state index in [2.05, 4.69) is 9.72 Å². The summed E-state index contributed by atoms with van der Waals surface area (Å²) < 4.78 is 41.4. The van der Waals surface area contributed by atoms with Crippen LogP contribution in [0, 0.1) is 0 Å². The van der Waals surface area contributed by atoms with Crippen molar-refractivity contribution in [2.24, 2.45) is 0 Å². The van der Waals surface area contributed by atoms with E-state index in [0.717, 1.165) is 4.90 Å². The summed E-state index contributed by atoms with van der Waals surface area (Å²) in [6.07, 6.45) is -4.54. The number of hydrogen-bond acceptors (Lipinski definition) is 4. The summed E-state index contributed by atoms with van der Waals surface area (Å²) in [6, 6.07) is 11.3. The summed E-state index contributed by atoms with van der Waals surface area (Å²) >= 11 is 0. The van der Waals surface area contributed by atoms with Crippen molar-refractivity contribution in [1.29, 1.82) is 0 Å². The minimum Gasteiger partial charge on any atom is -0.480 e. The molecule has 0 spiro atoms. The van der Waals surface area contributed by atoms with Crippen LogP contribution in [0.25, 0.3) is 0 Å². The van der Waals surface area contributed by atoms with Crippen molar-refractivity contribution in [3.8, 4) is 5.88 Å². The first kappa shape index (κ1) is 20.2. The summed E-state index contributed by atoms with van der Waals surface area (Å²) in [7, 11) is 0. The number of amides is 1. The number of benzene rings is 1. The third kappa shape index (κ3) is 5.98. The molecule has 144 valence electrons. The molecule has 2 aromatic rings. The van der Waals surface area contributed by atoms with Gasteiger partial charge in [-0.15, -0.1) is 0 Å². The predicted octanol–water partition coefficient (Wildman–Crippen LogP) is 3.14. The molecule has 1 aromatic carbocycles. The van der Waals surface area contributed by atoms with Crippen LogP contribution in [0.15, 0.2) is 48.5 Å². The number of carboxylic acids is 1. The van der Waals surface area contributed by atoms with Gasteiger partial charge in [0.25, 0.3) is 5.91 Å². The molecule has 0 aliphatic heterocycles. The van der Waals surface area contributed by atoms with Crippen LogP contribution in [0.2, 0.25) is 0 Å². The Morgan fingerprint density at radius 2 is 1.81 bits per heavy atom. The smallest absolute Gasteiger partial charge is 0.422 e. The van der Waals surface area contributed by atoms with Crippen LogP contribution in [0.4, 0.5) is 13.2 Å². The first-order valence-electron chi connectivity index (χ1n) is 7.91. The number of halogens is 3. The van der Waals surface area contributed by atoms with E-state index in [-0.39, 0.29) is 18.1 Å². The van der Waals surface area contributed by atoms with Gasteiger partial charge in [0.2, 0.25) is 5.88 Å². The zero-order chi connectivity index (χ0) is 20.0. The maximum absolute atomic E-state index is 12.8. The molecule has 0 bridgehead atoms. The molecule has 0 aliphatic rings. The second-order valence-corrected chi connectivity index (χ2v) is 5.70. The number of hydrogen-bond donors (Lipinski definition) is 1. The van der Waals surface area contributed by atoms with E-state index in [1.807, 2.05) is 0 Å². The van der Waals surface area contributed by atoms with Gasteiger partial charge in [0.1, 0.15) is 11.7 Å². The number of aliphatic carboxylic acids is 1. The molecule has 6 nitrogen and oxygen atoms in total. The Bertz CT molecular complexity index is 797. The molecule has 9 heteroatoms. The Labute approximate surface area is 153 Å². The molecular formula is C18H17F3N2O4. The topological polar surface area (TPSA) is 79.7 Å². The van der Waals surface area contributed by atoms with Crippen molar-refractivity contribution in [3.05, 3.63) is 59.8 Å². The Morgan fingerprint density at radius 1 is 1.15 bits per heavy atom. The number of rotatable bonds is 7. The van der Waals surface area contributed by atoms with E-state index in [9.17, 15) is 27.9 Å². The largest absolute Gasteiger partial charge is 0.480 e. The van der Waals surface area contributed by atoms with Gasteiger partial charge in [0.05, 0.1) is 0 Å². The lowest BCUT2D eigenvalue weighted by molar-refractivity contribution is -0.154. The number of carbonyl (C=O) groups is 2. The number of pyridine rings is 1. The maximum atomic E-state index is 12.8. The van der Waals surface area contributed by atoms with Gasteiger partial charge < -0.3 is 14.7 Å². The standard InChI is InChI=1S/C18H17F3N2O4/c1-12(17(25)26)23(10-13-6-3-2-4-7-13)16(24)14-8-5-9-15(22-14)27-11-18(19,20)21/h2-9,12H,10-11H2,1H3,(H,25,26). The highest BCUT2D eigenvalue weighted by Crippen LogP contribution is 2.18. The highest BCUT2D eigenvalue weighted by atomic mass is 19.4. The second-order valence-electron chi connectivity index (χ2n) is 5.70. The average molecular weight is 382 g/mol. The van der Waals surface area contributed by atoms with Gasteiger partial charge in [-0.25, -0.2) is 9.78 Å². The third-order valence-electron chi connectivity index (χ3n) is 3.61. The molecule has 1 atom stereocenters. The van der Waals surface area contributed by atoms with Crippen molar-refractivity contribution >= 4 is 11.9 Å². The highest BCUT2D eigenvalue weighted by Gasteiger charge is 2.30. The van der Waals surface area contributed by atoms with Gasteiger partial charge in [-0.3, -0.25) is 4.79 Å². The van der Waals surface area contributed by atoms with Gasteiger partial charge in [0.15, 0.2) is 6.61 Å². The molecule has 1 heterocycles. The summed E-state index contributed by atoms with van der Waals surface area (Å²) in [5.74, 6) is -2.32. The van der Waals surface area contributed by atoms with Crippen LogP contribution >= 0.6 is 0 Å². The molecule has 27 heavy (non-hydrogen) atoms. The fourth-order valence-corrected chi connectivity index (χ4v) is 2.22. The summed E-state index contributed by atoms with van der Waals surface area (Å²) in [5.41, 5.74) is 0.488. The summed E-state index contributed by atoms with van der Waals surface area (Å²) in [4.78, 5) is 29.0. The Balaban J connectivity index is 2.25. The van der Waals surface area contributed by atoms with Crippen LogP contribution in [-0.4, -0.2) is 45.7 Å². The molecule has 0 radical (unpaired) electrons. The SMILES string of the molecule is CC(C(=O)O)N(Cc1ccccc1)C(=O)c1cccc(OCC(F)(F)F)n1. The molecule has 0 aliphatic carbocycles. The van der Waals surface area contributed by atoms with E-state index in [1.54, 1.807) is 30.3 Å². The van der Waals surface area contributed by atoms with Crippen LogP contribution < -0.4 is 4.74 Å². The lowest BCUT2D eigenvalue weighted by atomic mass is 10.1. The first-order chi connectivity index (χ1) is 12.7. The highest BCUT2D eigenvalue weighted by molar-refractivity contribution is 5.95. The molecule has 0 saturated carbocycles. The van der Waals surface area contributed by atoms with Gasteiger partial charge >= 0.3 is 12.1 Å². The molecular weight excluding hydrogens is 365 g/mol. The van der Waals surface area contributed by atoms with E-state index >= 15 is 0 Å². The van der Waals surface area contributed by atoms with Gasteiger partial charge in [-0.1, -0.05) is 36.4 Å². The molecule has 1 N–H and O–H groups in total. The van der Waals surface area contributed by atoms with E-state index in [1.165, 1.54) is 25.1 Å². The summed E-state index contributed by atoms with van der Waals surface area (Å²) in [6.45, 7) is -0.202. The Kier molecular flexibility index (Phi) is 6.38. The van der Waals surface area contributed by atoms with Crippen molar-refractivity contribution in [3.63, 3.8) is 0 Å². The molecule has 0 fully saturated rings. The quantitative estimate of drug-likeness (QED) is 0.796. The monoisotopic (exact) mass is 382 g/mol. The lowest BCUT2D eigenvalue weighted by Crippen LogP contribution is -2.43.